The molecule has 26 heavy (non-hydrogen) atoms. The lowest BCUT2D eigenvalue weighted by Crippen LogP contribution is -2.29. The van der Waals surface area contributed by atoms with E-state index in [1.807, 2.05) is 13.0 Å². The Kier molecular flexibility index (Phi) is 7.36. The van der Waals surface area contributed by atoms with Crippen LogP contribution in [0.3, 0.4) is 0 Å². The van der Waals surface area contributed by atoms with Gasteiger partial charge in [0.15, 0.2) is 0 Å². The molecule has 3 rings (SSSR count). The summed E-state index contributed by atoms with van der Waals surface area (Å²) in [7, 11) is 0. The molecule has 0 aliphatic heterocycles. The lowest BCUT2D eigenvalue weighted by molar-refractivity contribution is -0.145. The van der Waals surface area contributed by atoms with Crippen molar-refractivity contribution >= 4 is 21.9 Å². The van der Waals surface area contributed by atoms with Crippen LogP contribution in [0.4, 0.5) is 0 Å². The van der Waals surface area contributed by atoms with Crippen LogP contribution in [0.25, 0.3) is 0 Å². The molecule has 1 aromatic carbocycles. The standard InChI is InChI=1S/C23H31BrO2/c1-2-3-4-23(25)26-22-15-11-20(12-16-22)18-7-5-17(6-8-18)19-9-13-21(24)14-10-19/h3-4,9-10,13-14,17-18,20,22H,2,5-8,11-12,15-16H2,1H3/b4-3+. The summed E-state index contributed by atoms with van der Waals surface area (Å²) in [6.07, 6.45) is 14.4. The number of esters is 1. The maximum absolute atomic E-state index is 11.7. The Balaban J connectivity index is 1.41. The minimum Gasteiger partial charge on any atom is -0.459 e. The van der Waals surface area contributed by atoms with E-state index in [2.05, 4.69) is 40.2 Å². The Labute approximate surface area is 166 Å². The van der Waals surface area contributed by atoms with E-state index in [-0.39, 0.29) is 12.1 Å². The topological polar surface area (TPSA) is 26.3 Å². The van der Waals surface area contributed by atoms with Crippen LogP contribution >= 0.6 is 15.9 Å². The molecule has 0 saturated heterocycles. The number of rotatable bonds is 5. The molecule has 0 N–H and O–H groups in total. The van der Waals surface area contributed by atoms with E-state index in [1.165, 1.54) is 44.1 Å². The lowest BCUT2D eigenvalue weighted by Gasteiger charge is -2.37. The molecule has 142 valence electrons. The van der Waals surface area contributed by atoms with Gasteiger partial charge in [0.05, 0.1) is 0 Å². The van der Waals surface area contributed by atoms with Gasteiger partial charge in [0.1, 0.15) is 6.10 Å². The van der Waals surface area contributed by atoms with E-state index in [1.54, 1.807) is 6.08 Å². The molecular formula is C23H31BrO2. The number of halogens is 1. The third-order valence-corrected chi connectivity index (χ3v) is 6.80. The van der Waals surface area contributed by atoms with E-state index in [0.717, 1.165) is 41.5 Å². The highest BCUT2D eigenvalue weighted by Crippen LogP contribution is 2.43. The maximum atomic E-state index is 11.7. The largest absolute Gasteiger partial charge is 0.459 e. The number of carbonyl (C=O) groups excluding carboxylic acids is 1. The Morgan fingerprint density at radius 1 is 1.00 bits per heavy atom. The fraction of sp³-hybridized carbons (Fsp3) is 0.609. The van der Waals surface area contributed by atoms with Gasteiger partial charge in [0.25, 0.3) is 0 Å². The van der Waals surface area contributed by atoms with Crippen LogP contribution in [0.15, 0.2) is 40.9 Å². The van der Waals surface area contributed by atoms with Crippen LogP contribution in [0.5, 0.6) is 0 Å². The van der Waals surface area contributed by atoms with Gasteiger partial charge in [0, 0.05) is 10.5 Å². The molecule has 2 saturated carbocycles. The maximum Gasteiger partial charge on any atom is 0.330 e. The van der Waals surface area contributed by atoms with Crippen molar-refractivity contribution in [2.75, 3.05) is 0 Å². The van der Waals surface area contributed by atoms with Crippen molar-refractivity contribution in [1.82, 2.24) is 0 Å². The highest BCUT2D eigenvalue weighted by molar-refractivity contribution is 9.10. The second kappa shape index (κ2) is 9.73. The first-order valence-corrected chi connectivity index (χ1v) is 11.1. The fourth-order valence-electron chi connectivity index (χ4n) is 4.75. The van der Waals surface area contributed by atoms with Gasteiger partial charge in [-0.1, -0.05) is 41.1 Å². The van der Waals surface area contributed by atoms with Crippen molar-refractivity contribution in [2.45, 2.75) is 76.7 Å². The number of carbonyl (C=O) groups is 1. The van der Waals surface area contributed by atoms with Crippen LogP contribution in [-0.2, 0) is 9.53 Å². The van der Waals surface area contributed by atoms with Crippen LogP contribution in [0.2, 0.25) is 0 Å². The van der Waals surface area contributed by atoms with Crippen molar-refractivity contribution in [3.05, 3.63) is 46.5 Å². The van der Waals surface area contributed by atoms with Gasteiger partial charge < -0.3 is 4.74 Å². The number of hydrogen-bond acceptors (Lipinski definition) is 2. The van der Waals surface area contributed by atoms with Gasteiger partial charge in [-0.25, -0.2) is 4.79 Å². The third kappa shape index (κ3) is 5.45. The van der Waals surface area contributed by atoms with Crippen molar-refractivity contribution in [2.24, 2.45) is 11.8 Å². The van der Waals surface area contributed by atoms with Gasteiger partial charge in [-0.05, 0) is 93.2 Å². The number of allylic oxidation sites excluding steroid dienone is 1. The van der Waals surface area contributed by atoms with Gasteiger partial charge >= 0.3 is 5.97 Å². The zero-order valence-electron chi connectivity index (χ0n) is 15.8. The van der Waals surface area contributed by atoms with Crippen LogP contribution in [0.1, 0.15) is 76.2 Å². The zero-order chi connectivity index (χ0) is 18.4. The summed E-state index contributed by atoms with van der Waals surface area (Å²) in [5, 5.41) is 0. The summed E-state index contributed by atoms with van der Waals surface area (Å²) < 4.78 is 6.75. The first-order chi connectivity index (χ1) is 12.7. The number of hydrogen-bond donors (Lipinski definition) is 0. The van der Waals surface area contributed by atoms with Gasteiger partial charge in [0.2, 0.25) is 0 Å². The van der Waals surface area contributed by atoms with Crippen LogP contribution < -0.4 is 0 Å². The Morgan fingerprint density at radius 2 is 1.58 bits per heavy atom. The lowest BCUT2D eigenvalue weighted by atomic mass is 9.69. The zero-order valence-corrected chi connectivity index (χ0v) is 17.4. The molecule has 0 atom stereocenters. The number of ether oxygens (including phenoxy) is 1. The average Bonchev–Trinajstić information content (AvgIpc) is 2.68. The van der Waals surface area contributed by atoms with E-state index in [9.17, 15) is 4.79 Å². The molecule has 2 nitrogen and oxygen atoms in total. The molecule has 0 aromatic heterocycles. The Hall–Kier alpha value is -1.09. The predicted molar refractivity (Wildman–Crippen MR) is 110 cm³/mol. The molecule has 2 aliphatic rings. The first kappa shape index (κ1) is 19.7. The van der Waals surface area contributed by atoms with Gasteiger partial charge in [-0.3, -0.25) is 0 Å². The Bertz CT molecular complexity index is 591. The summed E-state index contributed by atoms with van der Waals surface area (Å²) >= 11 is 3.53. The van der Waals surface area contributed by atoms with E-state index >= 15 is 0 Å². The molecule has 2 aliphatic carbocycles. The van der Waals surface area contributed by atoms with E-state index < -0.39 is 0 Å². The fourth-order valence-corrected chi connectivity index (χ4v) is 5.02. The predicted octanol–water partition coefficient (Wildman–Crippen LogP) is 6.79. The highest BCUT2D eigenvalue weighted by Gasteiger charge is 2.32. The second-order valence-electron chi connectivity index (χ2n) is 7.95. The summed E-state index contributed by atoms with van der Waals surface area (Å²) in [5.41, 5.74) is 1.50. The van der Waals surface area contributed by atoms with E-state index in [0.29, 0.717) is 0 Å². The van der Waals surface area contributed by atoms with Crippen molar-refractivity contribution in [3.8, 4) is 0 Å². The molecule has 1 aromatic rings. The van der Waals surface area contributed by atoms with Crippen molar-refractivity contribution in [1.29, 1.82) is 0 Å². The second-order valence-corrected chi connectivity index (χ2v) is 8.86. The smallest absolute Gasteiger partial charge is 0.330 e. The summed E-state index contributed by atoms with van der Waals surface area (Å²) in [5.74, 6) is 2.28. The minimum absolute atomic E-state index is 0.138. The van der Waals surface area contributed by atoms with E-state index in [4.69, 9.17) is 4.74 Å². The molecular weight excluding hydrogens is 388 g/mol. The molecule has 0 radical (unpaired) electrons. The summed E-state index contributed by atoms with van der Waals surface area (Å²) in [6, 6.07) is 8.89. The SMILES string of the molecule is CC/C=C/C(=O)OC1CCC(C2CCC(c3ccc(Br)cc3)CC2)CC1. The van der Waals surface area contributed by atoms with Gasteiger partial charge in [-0.2, -0.15) is 0 Å². The van der Waals surface area contributed by atoms with Crippen molar-refractivity contribution in [3.63, 3.8) is 0 Å². The minimum atomic E-state index is -0.162. The van der Waals surface area contributed by atoms with Crippen LogP contribution in [0, 0.1) is 11.8 Å². The normalized spacial score (nSPS) is 29.6. The van der Waals surface area contributed by atoms with Crippen molar-refractivity contribution < 1.29 is 9.53 Å². The third-order valence-electron chi connectivity index (χ3n) is 6.27. The Morgan fingerprint density at radius 3 is 2.15 bits per heavy atom. The van der Waals surface area contributed by atoms with Gasteiger partial charge in [-0.15, -0.1) is 0 Å². The molecule has 0 heterocycles. The summed E-state index contributed by atoms with van der Waals surface area (Å²) in [4.78, 5) is 11.7. The summed E-state index contributed by atoms with van der Waals surface area (Å²) in [6.45, 7) is 2.03. The highest BCUT2D eigenvalue weighted by atomic mass is 79.9. The molecule has 0 spiro atoms. The first-order valence-electron chi connectivity index (χ1n) is 10.3. The molecule has 2 fully saturated rings. The quantitative estimate of drug-likeness (QED) is 0.388. The molecule has 0 amide bonds. The number of benzene rings is 1. The average molecular weight is 419 g/mol. The molecule has 3 heteroatoms. The van der Waals surface area contributed by atoms with Crippen LogP contribution in [-0.4, -0.2) is 12.1 Å². The molecule has 0 unspecified atom stereocenters. The molecule has 0 bridgehead atoms. The monoisotopic (exact) mass is 418 g/mol.